The number of anilines is 1. The average Bonchev–Trinajstić information content (AvgIpc) is 2.41. The van der Waals surface area contributed by atoms with E-state index >= 15 is 0 Å². The summed E-state index contributed by atoms with van der Waals surface area (Å²) in [5.41, 5.74) is 6.82. The van der Waals surface area contributed by atoms with Crippen molar-refractivity contribution in [3.63, 3.8) is 0 Å². The fraction of sp³-hybridized carbons (Fsp3) is 0.0714. The van der Waals surface area contributed by atoms with Crippen LogP contribution in [0.1, 0.15) is 5.56 Å². The Morgan fingerprint density at radius 1 is 1.11 bits per heavy atom. The molecule has 0 aromatic heterocycles. The Bertz CT molecular complexity index is 603. The third kappa shape index (κ3) is 2.53. The molecule has 2 rings (SSSR count). The lowest BCUT2D eigenvalue weighted by Crippen LogP contribution is -1.93. The van der Waals surface area contributed by atoms with E-state index in [1.165, 1.54) is 0 Å². The number of hydrogen-bond acceptors (Lipinski definition) is 4. The molecule has 18 heavy (non-hydrogen) atoms. The van der Waals surface area contributed by atoms with Gasteiger partial charge in [-0.05, 0) is 30.3 Å². The highest BCUT2D eigenvalue weighted by molar-refractivity contribution is 5.56. The van der Waals surface area contributed by atoms with Crippen LogP contribution < -0.4 is 15.2 Å². The fourth-order valence-electron chi connectivity index (χ4n) is 1.52. The molecule has 2 N–H and O–H groups in total. The van der Waals surface area contributed by atoms with Crippen LogP contribution in [-0.2, 0) is 0 Å². The van der Waals surface area contributed by atoms with Crippen molar-refractivity contribution in [3.05, 3.63) is 48.0 Å². The second kappa shape index (κ2) is 5.11. The molecule has 0 saturated carbocycles. The predicted molar refractivity (Wildman–Crippen MR) is 68.6 cm³/mol. The molecule has 0 radical (unpaired) electrons. The van der Waals surface area contributed by atoms with Gasteiger partial charge in [-0.2, -0.15) is 5.26 Å². The zero-order valence-electron chi connectivity index (χ0n) is 9.88. The summed E-state index contributed by atoms with van der Waals surface area (Å²) >= 11 is 0. The molecular weight excluding hydrogens is 228 g/mol. The van der Waals surface area contributed by atoms with E-state index in [1.807, 2.05) is 0 Å². The Balaban J connectivity index is 2.26. The highest BCUT2D eigenvalue weighted by Crippen LogP contribution is 2.29. The molecule has 4 heteroatoms. The summed E-state index contributed by atoms with van der Waals surface area (Å²) in [6, 6.07) is 14.2. The number of nitriles is 1. The number of methoxy groups -OCH3 is 1. The van der Waals surface area contributed by atoms with Crippen molar-refractivity contribution in [2.45, 2.75) is 0 Å². The van der Waals surface area contributed by atoms with E-state index in [0.717, 1.165) is 0 Å². The second-order valence-electron chi connectivity index (χ2n) is 3.65. The number of nitrogens with zero attached hydrogens (tertiary/aromatic N) is 1. The molecule has 4 nitrogen and oxygen atoms in total. The minimum absolute atomic E-state index is 0.551. The highest BCUT2D eigenvalue weighted by atomic mass is 16.5. The van der Waals surface area contributed by atoms with Gasteiger partial charge in [0.1, 0.15) is 17.2 Å². The van der Waals surface area contributed by atoms with Crippen LogP contribution >= 0.6 is 0 Å². The third-order valence-electron chi connectivity index (χ3n) is 2.40. The van der Waals surface area contributed by atoms with Gasteiger partial charge < -0.3 is 15.2 Å². The summed E-state index contributed by atoms with van der Waals surface area (Å²) < 4.78 is 10.7. The molecule has 0 amide bonds. The van der Waals surface area contributed by atoms with Gasteiger partial charge in [0.25, 0.3) is 0 Å². The molecular formula is C14H12N2O2. The fourth-order valence-corrected chi connectivity index (χ4v) is 1.52. The van der Waals surface area contributed by atoms with Crippen molar-refractivity contribution in [3.8, 4) is 23.3 Å². The Kier molecular flexibility index (Phi) is 3.35. The van der Waals surface area contributed by atoms with Crippen molar-refractivity contribution < 1.29 is 9.47 Å². The van der Waals surface area contributed by atoms with Gasteiger partial charge in [-0.1, -0.05) is 6.07 Å². The van der Waals surface area contributed by atoms with Gasteiger partial charge >= 0.3 is 0 Å². The summed E-state index contributed by atoms with van der Waals surface area (Å²) in [5.74, 6) is 1.76. The average molecular weight is 240 g/mol. The third-order valence-corrected chi connectivity index (χ3v) is 2.40. The van der Waals surface area contributed by atoms with Crippen LogP contribution in [0.25, 0.3) is 0 Å². The molecule has 0 atom stereocenters. The van der Waals surface area contributed by atoms with Gasteiger partial charge in [0.2, 0.25) is 0 Å². The molecule has 0 spiro atoms. The van der Waals surface area contributed by atoms with Crippen molar-refractivity contribution >= 4 is 5.69 Å². The van der Waals surface area contributed by atoms with Gasteiger partial charge in [0.15, 0.2) is 0 Å². The second-order valence-corrected chi connectivity index (χ2v) is 3.65. The van der Waals surface area contributed by atoms with Crippen LogP contribution in [0.4, 0.5) is 5.69 Å². The van der Waals surface area contributed by atoms with E-state index in [2.05, 4.69) is 6.07 Å². The smallest absolute Gasteiger partial charge is 0.145 e. The quantitative estimate of drug-likeness (QED) is 0.837. The standard InChI is InChI=1S/C14H12N2O2/c1-17-14-8-12(5-6-13(14)16)18-11-4-2-3-10(7-11)9-15/h2-8H,16H2,1H3. The van der Waals surface area contributed by atoms with Gasteiger partial charge in [-0.15, -0.1) is 0 Å². The van der Waals surface area contributed by atoms with E-state index in [9.17, 15) is 0 Å². The predicted octanol–water partition coefficient (Wildman–Crippen LogP) is 2.94. The maximum Gasteiger partial charge on any atom is 0.145 e. The van der Waals surface area contributed by atoms with Crippen molar-refractivity contribution in [2.75, 3.05) is 12.8 Å². The Morgan fingerprint density at radius 2 is 1.89 bits per heavy atom. The molecule has 0 aliphatic heterocycles. The lowest BCUT2D eigenvalue weighted by Gasteiger charge is -2.09. The normalized spacial score (nSPS) is 9.56. The molecule has 0 saturated heterocycles. The molecule has 2 aromatic carbocycles. The summed E-state index contributed by atoms with van der Waals surface area (Å²) in [4.78, 5) is 0. The molecule has 0 heterocycles. The maximum absolute atomic E-state index is 8.80. The van der Waals surface area contributed by atoms with Gasteiger partial charge in [-0.25, -0.2) is 0 Å². The molecule has 90 valence electrons. The van der Waals surface area contributed by atoms with Crippen LogP contribution in [0, 0.1) is 11.3 Å². The van der Waals surface area contributed by atoms with E-state index in [0.29, 0.717) is 28.5 Å². The monoisotopic (exact) mass is 240 g/mol. The van der Waals surface area contributed by atoms with Gasteiger partial charge in [0, 0.05) is 6.07 Å². The van der Waals surface area contributed by atoms with E-state index in [-0.39, 0.29) is 0 Å². The number of benzene rings is 2. The molecule has 0 fully saturated rings. The molecule has 0 bridgehead atoms. The van der Waals surface area contributed by atoms with Gasteiger partial charge in [0.05, 0.1) is 24.4 Å². The van der Waals surface area contributed by atoms with Crippen molar-refractivity contribution in [2.24, 2.45) is 0 Å². The van der Waals surface area contributed by atoms with Gasteiger partial charge in [-0.3, -0.25) is 0 Å². The first kappa shape index (κ1) is 11.8. The molecule has 2 aromatic rings. The van der Waals surface area contributed by atoms with Crippen LogP contribution in [-0.4, -0.2) is 7.11 Å². The Labute approximate surface area is 105 Å². The van der Waals surface area contributed by atoms with E-state index in [1.54, 1.807) is 49.6 Å². The molecule has 0 unspecified atom stereocenters. The summed E-state index contributed by atoms with van der Waals surface area (Å²) in [7, 11) is 1.55. The summed E-state index contributed by atoms with van der Waals surface area (Å²) in [5, 5.41) is 8.80. The number of rotatable bonds is 3. The van der Waals surface area contributed by atoms with Crippen molar-refractivity contribution in [1.29, 1.82) is 5.26 Å². The summed E-state index contributed by atoms with van der Waals surface area (Å²) in [6.45, 7) is 0. The van der Waals surface area contributed by atoms with Crippen molar-refractivity contribution in [1.82, 2.24) is 0 Å². The zero-order valence-corrected chi connectivity index (χ0v) is 9.88. The Morgan fingerprint density at radius 3 is 2.61 bits per heavy atom. The topological polar surface area (TPSA) is 68.3 Å². The first-order valence-electron chi connectivity index (χ1n) is 5.34. The lowest BCUT2D eigenvalue weighted by molar-refractivity contribution is 0.411. The van der Waals surface area contributed by atoms with E-state index < -0.39 is 0 Å². The minimum atomic E-state index is 0.551. The van der Waals surface area contributed by atoms with E-state index in [4.69, 9.17) is 20.5 Å². The number of hydrogen-bond donors (Lipinski definition) is 1. The Hall–Kier alpha value is -2.67. The molecule has 0 aliphatic rings. The summed E-state index contributed by atoms with van der Waals surface area (Å²) in [6.07, 6.45) is 0. The van der Waals surface area contributed by atoms with Crippen LogP contribution in [0.2, 0.25) is 0 Å². The van der Waals surface area contributed by atoms with Crippen LogP contribution in [0.5, 0.6) is 17.2 Å². The molecule has 0 aliphatic carbocycles. The lowest BCUT2D eigenvalue weighted by atomic mass is 10.2. The number of nitrogens with two attached hydrogens (primary N) is 1. The number of ether oxygens (including phenoxy) is 2. The number of nitrogen functional groups attached to an aromatic ring is 1. The van der Waals surface area contributed by atoms with Crippen LogP contribution in [0.15, 0.2) is 42.5 Å². The largest absolute Gasteiger partial charge is 0.494 e. The highest BCUT2D eigenvalue weighted by Gasteiger charge is 2.03. The minimum Gasteiger partial charge on any atom is -0.494 e. The first-order valence-corrected chi connectivity index (χ1v) is 5.34. The zero-order chi connectivity index (χ0) is 13.0. The first-order chi connectivity index (χ1) is 8.72. The van der Waals surface area contributed by atoms with Crippen LogP contribution in [0.3, 0.4) is 0 Å². The SMILES string of the molecule is COc1cc(Oc2cccc(C#N)c2)ccc1N. The maximum atomic E-state index is 8.80.